The highest BCUT2D eigenvalue weighted by molar-refractivity contribution is 6.38. The second kappa shape index (κ2) is 2.78. The summed E-state index contributed by atoms with van der Waals surface area (Å²) in [6, 6.07) is 0.352. The van der Waals surface area contributed by atoms with E-state index in [2.05, 4.69) is 6.58 Å². The summed E-state index contributed by atoms with van der Waals surface area (Å²) in [6.07, 6.45) is 1.49. The van der Waals surface area contributed by atoms with E-state index in [4.69, 9.17) is 5.40 Å². The molecule has 0 aromatic carbocycles. The minimum atomic E-state index is -2.00. The molecule has 0 aliphatic carbocycles. The Bertz CT molecular complexity index is 71.2. The molecule has 0 spiro atoms. The van der Waals surface area contributed by atoms with Crippen LogP contribution < -0.4 is 5.40 Å². The van der Waals surface area contributed by atoms with Gasteiger partial charge in [0.15, 0.2) is 0 Å². The average molecular weight is 100 g/mol. The molecule has 0 amide bonds. The van der Waals surface area contributed by atoms with Crippen LogP contribution >= 0.6 is 0 Å². The predicted octanol–water partition coefficient (Wildman–Crippen LogP) is 0.374. The Kier molecular flexibility index (Phi) is 2.57. The number of rotatable bonds is 2. The zero-order valence-corrected chi connectivity index (χ0v) is 4.40. The Hall–Kier alpha value is -0.443. The lowest BCUT2D eigenvalue weighted by Crippen LogP contribution is -1.95. The lowest BCUT2D eigenvalue weighted by Gasteiger charge is -1.70. The molecule has 0 saturated heterocycles. The maximum atomic E-state index is 9.82. The SMILES string of the molecule is C=CC[Si]([NH])=O. The fourth-order valence-electron chi connectivity index (χ4n) is 0.131. The van der Waals surface area contributed by atoms with Crippen LogP contribution in [-0.4, -0.2) is 8.84 Å². The molecular formula is C3H6NOSi. The molecule has 1 N–H and O–H groups in total. The van der Waals surface area contributed by atoms with Gasteiger partial charge >= 0.3 is 8.84 Å². The number of hydrogen-bond acceptors (Lipinski definition) is 1. The van der Waals surface area contributed by atoms with E-state index in [9.17, 15) is 4.46 Å². The van der Waals surface area contributed by atoms with Crippen molar-refractivity contribution in [3.8, 4) is 0 Å². The predicted molar refractivity (Wildman–Crippen MR) is 24.5 cm³/mol. The molecule has 0 unspecified atom stereocenters. The molecule has 0 rings (SSSR count). The first-order chi connectivity index (χ1) is 2.77. The zero-order chi connectivity index (χ0) is 4.99. The minimum Gasteiger partial charge on any atom is -0.358 e. The second-order valence-electron chi connectivity index (χ2n) is 0.916. The van der Waals surface area contributed by atoms with E-state index in [1.165, 1.54) is 6.08 Å². The minimum absolute atomic E-state index is 0.352. The van der Waals surface area contributed by atoms with Gasteiger partial charge in [-0.05, 0) is 0 Å². The molecule has 0 bridgehead atoms. The van der Waals surface area contributed by atoms with Crippen LogP contribution in [-0.2, 0) is 4.46 Å². The van der Waals surface area contributed by atoms with Crippen LogP contribution in [0.2, 0.25) is 6.04 Å². The van der Waals surface area contributed by atoms with Gasteiger partial charge in [0, 0.05) is 6.04 Å². The van der Waals surface area contributed by atoms with Gasteiger partial charge in [-0.3, -0.25) is 0 Å². The second-order valence-corrected chi connectivity index (χ2v) is 2.17. The maximum Gasteiger partial charge on any atom is 0.414 e. The molecule has 0 aliphatic rings. The molecule has 0 aromatic rings. The smallest absolute Gasteiger partial charge is 0.358 e. The third-order valence-electron chi connectivity index (χ3n) is 0.330. The third-order valence-corrected chi connectivity index (χ3v) is 0.989. The molecule has 0 fully saturated rings. The van der Waals surface area contributed by atoms with Gasteiger partial charge in [0.05, 0.1) is 0 Å². The van der Waals surface area contributed by atoms with Crippen molar-refractivity contribution in [2.24, 2.45) is 0 Å². The van der Waals surface area contributed by atoms with Crippen LogP contribution in [0.15, 0.2) is 12.7 Å². The van der Waals surface area contributed by atoms with Crippen LogP contribution in [0.25, 0.3) is 0 Å². The van der Waals surface area contributed by atoms with Crippen LogP contribution in [0.3, 0.4) is 0 Å². The Morgan fingerprint density at radius 1 is 2.00 bits per heavy atom. The van der Waals surface area contributed by atoms with Crippen LogP contribution in [0.1, 0.15) is 0 Å². The monoisotopic (exact) mass is 100 g/mol. The Morgan fingerprint density at radius 3 is 2.50 bits per heavy atom. The summed E-state index contributed by atoms with van der Waals surface area (Å²) in [4.78, 5) is 0. The molecule has 33 valence electrons. The molecule has 0 aromatic heterocycles. The number of allylic oxidation sites excluding steroid dienone is 1. The standard InChI is InChI=1S/C3H6NOSi/c1-2-3-6(4)5/h2,4H,1,3H2. The van der Waals surface area contributed by atoms with E-state index in [-0.39, 0.29) is 0 Å². The molecule has 1 radical (unpaired) electrons. The van der Waals surface area contributed by atoms with Gasteiger partial charge in [-0.2, -0.15) is 0 Å². The highest BCUT2D eigenvalue weighted by atomic mass is 28.3. The summed E-state index contributed by atoms with van der Waals surface area (Å²) in [5.41, 5.74) is 0. The molecular weight excluding hydrogens is 94.1 g/mol. The van der Waals surface area contributed by atoms with Crippen LogP contribution in [0.4, 0.5) is 0 Å². The summed E-state index contributed by atoms with van der Waals surface area (Å²) in [7, 11) is -2.00. The normalized spacial score (nSPS) is 7.33. The first-order valence-corrected chi connectivity index (χ1v) is 3.24. The van der Waals surface area contributed by atoms with Crippen LogP contribution in [0.5, 0.6) is 0 Å². The summed E-state index contributed by atoms with van der Waals surface area (Å²) in [5, 5.41) is 6.45. The van der Waals surface area contributed by atoms with Gasteiger partial charge in [0.25, 0.3) is 0 Å². The van der Waals surface area contributed by atoms with Crippen LogP contribution in [0, 0.1) is 0 Å². The summed E-state index contributed by atoms with van der Waals surface area (Å²) >= 11 is 0. The van der Waals surface area contributed by atoms with Crippen molar-refractivity contribution in [2.75, 3.05) is 0 Å². The van der Waals surface area contributed by atoms with Gasteiger partial charge in [-0.1, -0.05) is 6.08 Å². The van der Waals surface area contributed by atoms with E-state index in [1.54, 1.807) is 0 Å². The van der Waals surface area contributed by atoms with Crippen molar-refractivity contribution in [1.82, 2.24) is 5.40 Å². The summed E-state index contributed by atoms with van der Waals surface area (Å²) < 4.78 is 9.82. The molecule has 3 heteroatoms. The summed E-state index contributed by atoms with van der Waals surface area (Å²) in [6.45, 7) is 3.31. The fourth-order valence-corrected chi connectivity index (χ4v) is 0.393. The zero-order valence-electron chi connectivity index (χ0n) is 3.40. The van der Waals surface area contributed by atoms with Gasteiger partial charge in [0.1, 0.15) is 0 Å². The van der Waals surface area contributed by atoms with Gasteiger partial charge in [-0.15, -0.1) is 6.58 Å². The maximum absolute atomic E-state index is 9.82. The molecule has 0 saturated carbocycles. The largest absolute Gasteiger partial charge is 0.414 e. The summed E-state index contributed by atoms with van der Waals surface area (Å²) in [5.74, 6) is 0. The molecule has 0 heterocycles. The van der Waals surface area contributed by atoms with Gasteiger partial charge < -0.3 is 9.86 Å². The van der Waals surface area contributed by atoms with E-state index < -0.39 is 8.84 Å². The molecule has 2 nitrogen and oxygen atoms in total. The van der Waals surface area contributed by atoms with Crippen molar-refractivity contribution >= 4 is 8.84 Å². The first-order valence-electron chi connectivity index (χ1n) is 1.62. The number of hydrogen-bond donors (Lipinski definition) is 0. The lowest BCUT2D eigenvalue weighted by atomic mass is 10.8. The Balaban J connectivity index is 3.05. The van der Waals surface area contributed by atoms with E-state index in [0.29, 0.717) is 6.04 Å². The average Bonchev–Trinajstić information content (AvgIpc) is 1.35. The van der Waals surface area contributed by atoms with Crippen molar-refractivity contribution in [2.45, 2.75) is 6.04 Å². The van der Waals surface area contributed by atoms with Gasteiger partial charge in [-0.25, -0.2) is 0 Å². The highest BCUT2D eigenvalue weighted by Crippen LogP contribution is 1.73. The molecule has 0 atom stereocenters. The fraction of sp³-hybridized carbons (Fsp3) is 0.333. The first kappa shape index (κ1) is 5.56. The quantitative estimate of drug-likeness (QED) is 0.365. The Morgan fingerprint density at radius 2 is 2.50 bits per heavy atom. The lowest BCUT2D eigenvalue weighted by molar-refractivity contribution is 0.562. The highest BCUT2D eigenvalue weighted by Gasteiger charge is 1.88. The van der Waals surface area contributed by atoms with E-state index in [0.717, 1.165) is 0 Å². The van der Waals surface area contributed by atoms with Crippen molar-refractivity contribution in [3.05, 3.63) is 12.7 Å². The van der Waals surface area contributed by atoms with Crippen molar-refractivity contribution in [1.29, 1.82) is 0 Å². The van der Waals surface area contributed by atoms with E-state index >= 15 is 0 Å². The topological polar surface area (TPSA) is 40.9 Å². The third kappa shape index (κ3) is 3.56. The Labute approximate surface area is 38.4 Å². The number of nitrogens with one attached hydrogen (secondary N) is 1. The van der Waals surface area contributed by atoms with E-state index in [1.807, 2.05) is 0 Å². The molecule has 6 heavy (non-hydrogen) atoms. The van der Waals surface area contributed by atoms with Crippen molar-refractivity contribution in [3.63, 3.8) is 0 Å². The van der Waals surface area contributed by atoms with Crippen molar-refractivity contribution < 1.29 is 4.46 Å². The molecule has 0 aliphatic heterocycles. The van der Waals surface area contributed by atoms with Gasteiger partial charge in [0.2, 0.25) is 0 Å².